The van der Waals surface area contributed by atoms with Crippen LogP contribution in [0.1, 0.15) is 29.2 Å². The van der Waals surface area contributed by atoms with E-state index in [1.165, 1.54) is 23.5 Å². The molecule has 0 aliphatic rings. The van der Waals surface area contributed by atoms with Crippen LogP contribution in [0.5, 0.6) is 11.5 Å². The Balaban J connectivity index is 1.50. The average Bonchev–Trinajstić information content (AvgIpc) is 3.29. The summed E-state index contributed by atoms with van der Waals surface area (Å²) in [6.45, 7) is 6.65. The number of fused-ring (bicyclic) bond motifs is 3. The molecule has 7 heteroatoms. The molecule has 5 rings (SSSR count). The summed E-state index contributed by atoms with van der Waals surface area (Å²) in [5, 5.41) is 0. The van der Waals surface area contributed by atoms with E-state index in [0.29, 0.717) is 27.6 Å². The fourth-order valence-electron chi connectivity index (χ4n) is 3.86. The van der Waals surface area contributed by atoms with Gasteiger partial charge < -0.3 is 9.47 Å². The Labute approximate surface area is 199 Å². The van der Waals surface area contributed by atoms with Crippen molar-refractivity contribution in [2.45, 2.75) is 27.4 Å². The molecule has 34 heavy (non-hydrogen) atoms. The van der Waals surface area contributed by atoms with Gasteiger partial charge >= 0.3 is 0 Å². The van der Waals surface area contributed by atoms with Crippen molar-refractivity contribution in [2.75, 3.05) is 6.61 Å². The number of thiazole rings is 1. The largest absolute Gasteiger partial charge is 0.490 e. The molecule has 0 fully saturated rings. The summed E-state index contributed by atoms with van der Waals surface area (Å²) >= 11 is 1.36. The molecule has 0 N–H and O–H groups in total. The molecule has 0 amide bonds. The number of benzene rings is 3. The lowest BCUT2D eigenvalue weighted by atomic mass is 10.1. The number of hydrogen-bond donors (Lipinski definition) is 0. The zero-order valence-corrected chi connectivity index (χ0v) is 19.9. The van der Waals surface area contributed by atoms with Gasteiger partial charge in [-0.1, -0.05) is 29.5 Å². The summed E-state index contributed by atoms with van der Waals surface area (Å²) < 4.78 is 27.4. The lowest BCUT2D eigenvalue weighted by Crippen LogP contribution is -2.22. The van der Waals surface area contributed by atoms with Crippen LogP contribution in [0.3, 0.4) is 0 Å². The Bertz CT molecular complexity index is 1640. The van der Waals surface area contributed by atoms with Crippen molar-refractivity contribution < 1.29 is 13.9 Å². The van der Waals surface area contributed by atoms with Gasteiger partial charge in [0, 0.05) is 0 Å². The molecule has 0 aliphatic heterocycles. The summed E-state index contributed by atoms with van der Waals surface area (Å²) in [5.74, 6) is 0.825. The van der Waals surface area contributed by atoms with Crippen molar-refractivity contribution in [1.82, 2.24) is 9.38 Å². The molecule has 0 saturated heterocycles. The molecule has 3 aromatic carbocycles. The van der Waals surface area contributed by atoms with E-state index in [2.05, 4.69) is 4.98 Å². The van der Waals surface area contributed by atoms with Gasteiger partial charge in [-0.15, -0.1) is 0 Å². The van der Waals surface area contributed by atoms with Crippen LogP contribution in [0.4, 0.5) is 4.39 Å². The second kappa shape index (κ2) is 8.91. The molecule has 2 heterocycles. The zero-order chi connectivity index (χ0) is 23.8. The number of aryl methyl sites for hydroxylation is 2. The molecule has 5 nitrogen and oxygen atoms in total. The molecular formula is C27H23FN2O3S. The molecule has 0 unspecified atom stereocenters. The van der Waals surface area contributed by atoms with E-state index in [1.807, 2.05) is 51.1 Å². The SMILES string of the molecule is CCOc1cc(/C=c2\sc3nc4cc(C)c(C)cc4n3c2=O)ccc1OCc1cccc(F)c1. The normalized spacial score (nSPS) is 12.1. The Hall–Kier alpha value is -3.71. The van der Waals surface area contributed by atoms with Gasteiger partial charge in [-0.2, -0.15) is 0 Å². The number of imidazole rings is 1. The van der Waals surface area contributed by atoms with Gasteiger partial charge in [-0.25, -0.2) is 13.8 Å². The number of ether oxygens (including phenoxy) is 2. The Morgan fingerprint density at radius 1 is 1.03 bits per heavy atom. The van der Waals surface area contributed by atoms with Crippen LogP contribution < -0.4 is 19.6 Å². The van der Waals surface area contributed by atoms with Gasteiger partial charge in [0.2, 0.25) is 0 Å². The topological polar surface area (TPSA) is 52.8 Å². The maximum Gasteiger partial charge on any atom is 0.274 e. The van der Waals surface area contributed by atoms with Crippen molar-refractivity contribution in [2.24, 2.45) is 0 Å². The van der Waals surface area contributed by atoms with Crippen LogP contribution in [0.2, 0.25) is 0 Å². The summed E-state index contributed by atoms with van der Waals surface area (Å²) in [4.78, 5) is 18.5. The maximum atomic E-state index is 13.4. The highest BCUT2D eigenvalue weighted by Gasteiger charge is 2.13. The molecular weight excluding hydrogens is 451 g/mol. The monoisotopic (exact) mass is 474 g/mol. The first-order chi connectivity index (χ1) is 16.4. The van der Waals surface area contributed by atoms with E-state index < -0.39 is 0 Å². The quantitative estimate of drug-likeness (QED) is 0.340. The fourth-order valence-corrected chi connectivity index (χ4v) is 4.85. The first-order valence-corrected chi connectivity index (χ1v) is 11.8. The van der Waals surface area contributed by atoms with E-state index in [9.17, 15) is 9.18 Å². The van der Waals surface area contributed by atoms with E-state index in [4.69, 9.17) is 9.47 Å². The molecule has 0 radical (unpaired) electrons. The van der Waals surface area contributed by atoms with Gasteiger partial charge in [0.05, 0.1) is 22.2 Å². The standard InChI is InChI=1S/C27H23FN2O3S/c1-4-32-24-13-18(8-9-23(24)33-15-19-6-5-7-20(28)12-19)14-25-26(31)30-22-11-17(3)16(2)10-21(22)29-27(30)34-25/h5-14H,4,15H2,1-3H3/b25-14-. The summed E-state index contributed by atoms with van der Waals surface area (Å²) in [6, 6.07) is 15.9. The predicted octanol–water partition coefficient (Wildman–Crippen LogP) is 5.19. The molecule has 0 bridgehead atoms. The maximum absolute atomic E-state index is 13.4. The van der Waals surface area contributed by atoms with E-state index in [-0.39, 0.29) is 18.0 Å². The highest BCUT2D eigenvalue weighted by atomic mass is 32.1. The number of nitrogens with zero attached hydrogens (tertiary/aromatic N) is 2. The van der Waals surface area contributed by atoms with Gasteiger partial charge in [0.15, 0.2) is 16.5 Å². The molecule has 0 atom stereocenters. The summed E-state index contributed by atoms with van der Waals surface area (Å²) in [7, 11) is 0. The summed E-state index contributed by atoms with van der Waals surface area (Å²) in [5.41, 5.74) is 5.40. The van der Waals surface area contributed by atoms with E-state index in [0.717, 1.165) is 33.3 Å². The first-order valence-electron chi connectivity index (χ1n) is 11.0. The van der Waals surface area contributed by atoms with Crippen molar-refractivity contribution in [3.63, 3.8) is 0 Å². The Morgan fingerprint density at radius 3 is 2.65 bits per heavy atom. The lowest BCUT2D eigenvalue weighted by Gasteiger charge is -2.12. The average molecular weight is 475 g/mol. The van der Waals surface area contributed by atoms with Crippen LogP contribution in [-0.2, 0) is 6.61 Å². The minimum atomic E-state index is -0.301. The van der Waals surface area contributed by atoms with Crippen LogP contribution in [0.15, 0.2) is 59.4 Å². The van der Waals surface area contributed by atoms with Crippen molar-refractivity contribution in [3.8, 4) is 11.5 Å². The third-order valence-electron chi connectivity index (χ3n) is 5.70. The van der Waals surface area contributed by atoms with E-state index in [1.54, 1.807) is 22.6 Å². The van der Waals surface area contributed by atoms with Crippen molar-refractivity contribution in [3.05, 3.63) is 97.6 Å². The summed E-state index contributed by atoms with van der Waals surface area (Å²) in [6.07, 6.45) is 1.84. The third-order valence-corrected chi connectivity index (χ3v) is 6.67. The molecule has 172 valence electrons. The van der Waals surface area contributed by atoms with Crippen molar-refractivity contribution >= 4 is 33.4 Å². The molecule has 0 aliphatic carbocycles. The molecule has 0 spiro atoms. The second-order valence-corrected chi connectivity index (χ2v) is 9.14. The minimum Gasteiger partial charge on any atom is -0.490 e. The van der Waals surface area contributed by atoms with Crippen molar-refractivity contribution in [1.29, 1.82) is 0 Å². The van der Waals surface area contributed by atoms with Gasteiger partial charge in [0.1, 0.15) is 12.4 Å². The second-order valence-electron chi connectivity index (χ2n) is 8.13. The number of aromatic nitrogens is 2. The van der Waals surface area contributed by atoms with Gasteiger partial charge in [0.25, 0.3) is 5.56 Å². The third kappa shape index (κ3) is 4.15. The fraction of sp³-hybridized carbons (Fsp3) is 0.185. The highest BCUT2D eigenvalue weighted by molar-refractivity contribution is 7.15. The number of halogens is 1. The minimum absolute atomic E-state index is 0.0878. The molecule has 0 saturated carbocycles. The molecule has 5 aromatic rings. The smallest absolute Gasteiger partial charge is 0.274 e. The van der Waals surface area contributed by atoms with Gasteiger partial charge in [-0.3, -0.25) is 4.79 Å². The zero-order valence-electron chi connectivity index (χ0n) is 19.1. The van der Waals surface area contributed by atoms with Crippen LogP contribution in [-0.4, -0.2) is 16.0 Å². The predicted molar refractivity (Wildman–Crippen MR) is 133 cm³/mol. The van der Waals surface area contributed by atoms with Crippen LogP contribution in [0, 0.1) is 19.7 Å². The van der Waals surface area contributed by atoms with Crippen LogP contribution >= 0.6 is 11.3 Å². The lowest BCUT2D eigenvalue weighted by molar-refractivity contribution is 0.269. The Morgan fingerprint density at radius 2 is 1.85 bits per heavy atom. The molecule has 2 aromatic heterocycles. The number of rotatable bonds is 6. The number of hydrogen-bond acceptors (Lipinski definition) is 5. The van der Waals surface area contributed by atoms with E-state index >= 15 is 0 Å². The highest BCUT2D eigenvalue weighted by Crippen LogP contribution is 2.30. The first kappa shape index (κ1) is 22.1. The Kier molecular flexibility index (Phi) is 5.79. The van der Waals surface area contributed by atoms with Crippen LogP contribution in [0.25, 0.3) is 22.1 Å². The van der Waals surface area contributed by atoms with Gasteiger partial charge in [-0.05, 0) is 85.5 Å².